The highest BCUT2D eigenvalue weighted by Gasteiger charge is 2.21. The predicted molar refractivity (Wildman–Crippen MR) is 150 cm³/mol. The lowest BCUT2D eigenvalue weighted by atomic mass is 9.99. The number of aryl methyl sites for hydroxylation is 2. The van der Waals surface area contributed by atoms with E-state index in [9.17, 15) is 4.79 Å². The molecule has 0 bridgehead atoms. The molecule has 0 saturated carbocycles. The van der Waals surface area contributed by atoms with Crippen LogP contribution >= 0.6 is 0 Å². The fourth-order valence-corrected chi connectivity index (χ4v) is 5.47. The number of morpholine rings is 1. The van der Waals surface area contributed by atoms with Crippen molar-refractivity contribution in [2.45, 2.75) is 33.2 Å². The summed E-state index contributed by atoms with van der Waals surface area (Å²) in [5.41, 5.74) is 8.84. The summed E-state index contributed by atoms with van der Waals surface area (Å²) in [6.07, 6.45) is 2.17. The molecular formula is C31H34N4O3. The van der Waals surface area contributed by atoms with Gasteiger partial charge in [-0.3, -0.25) is 9.69 Å². The summed E-state index contributed by atoms with van der Waals surface area (Å²) >= 11 is 0. The Kier molecular flexibility index (Phi) is 6.87. The average Bonchev–Trinajstić information content (AvgIpc) is 3.60. The average molecular weight is 511 g/mol. The van der Waals surface area contributed by atoms with Gasteiger partial charge in [0.1, 0.15) is 5.52 Å². The standard InChI is InChI=1S/C31H34N4O3/c1-21-18-23(8-9-24(21)20-34-14-16-37-17-15-34)27-6-5-7-28-29(27)38-31(33-28)32-25-10-11-26(22(2)19-25)30(36)35-12-3-4-13-35/h5-11,18-19H,3-4,12-17,20H2,1-2H3,(H,32,33). The first-order valence-electron chi connectivity index (χ1n) is 13.5. The van der Waals surface area contributed by atoms with Crippen LogP contribution in [0.1, 0.15) is 39.9 Å². The molecule has 6 rings (SSSR count). The van der Waals surface area contributed by atoms with Gasteiger partial charge in [-0.1, -0.05) is 30.3 Å². The maximum absolute atomic E-state index is 12.8. The highest BCUT2D eigenvalue weighted by atomic mass is 16.5. The Balaban J connectivity index is 1.22. The molecule has 7 nitrogen and oxygen atoms in total. The van der Waals surface area contributed by atoms with E-state index >= 15 is 0 Å². The monoisotopic (exact) mass is 510 g/mol. The van der Waals surface area contributed by atoms with Crippen LogP contribution in [-0.2, 0) is 11.3 Å². The minimum absolute atomic E-state index is 0.115. The van der Waals surface area contributed by atoms with E-state index in [0.29, 0.717) is 6.01 Å². The molecule has 1 aromatic heterocycles. The minimum atomic E-state index is 0.115. The minimum Gasteiger partial charge on any atom is -0.423 e. The molecule has 0 aliphatic carbocycles. The smallest absolute Gasteiger partial charge is 0.300 e. The molecule has 0 unspecified atom stereocenters. The normalized spacial score (nSPS) is 16.3. The number of likely N-dealkylation sites (tertiary alicyclic amines) is 1. The first-order chi connectivity index (χ1) is 18.5. The topological polar surface area (TPSA) is 70.8 Å². The lowest BCUT2D eigenvalue weighted by Crippen LogP contribution is -2.35. The second kappa shape index (κ2) is 10.6. The number of carbonyl (C=O) groups excluding carboxylic acids is 1. The van der Waals surface area contributed by atoms with Crippen molar-refractivity contribution in [3.63, 3.8) is 0 Å². The van der Waals surface area contributed by atoms with Crippen LogP contribution in [0.5, 0.6) is 0 Å². The molecule has 0 atom stereocenters. The number of nitrogens with zero attached hydrogens (tertiary/aromatic N) is 3. The number of ether oxygens (including phenoxy) is 1. The van der Waals surface area contributed by atoms with Crippen molar-refractivity contribution in [2.75, 3.05) is 44.7 Å². The molecule has 2 saturated heterocycles. The SMILES string of the molecule is Cc1cc(-c2cccc3nc(Nc4ccc(C(=O)N5CCCC5)c(C)c4)oc23)ccc1CN1CCOCC1. The second-order valence-electron chi connectivity index (χ2n) is 10.4. The number of nitrogens with one attached hydrogen (secondary N) is 1. The fraction of sp³-hybridized carbons (Fsp3) is 0.355. The molecule has 7 heteroatoms. The van der Waals surface area contributed by atoms with Crippen LogP contribution in [0.4, 0.5) is 11.7 Å². The highest BCUT2D eigenvalue weighted by molar-refractivity contribution is 5.96. The number of para-hydroxylation sites is 1. The van der Waals surface area contributed by atoms with Gasteiger partial charge in [0, 0.05) is 49.5 Å². The number of hydrogen-bond acceptors (Lipinski definition) is 6. The van der Waals surface area contributed by atoms with Gasteiger partial charge >= 0.3 is 0 Å². The van der Waals surface area contributed by atoms with E-state index < -0.39 is 0 Å². The number of rotatable bonds is 6. The molecule has 1 N–H and O–H groups in total. The number of amides is 1. The van der Waals surface area contributed by atoms with Crippen LogP contribution in [0.15, 0.2) is 59.0 Å². The lowest BCUT2D eigenvalue weighted by Gasteiger charge is -2.27. The van der Waals surface area contributed by atoms with Gasteiger partial charge in [-0.25, -0.2) is 0 Å². The molecule has 38 heavy (non-hydrogen) atoms. The van der Waals surface area contributed by atoms with Crippen molar-refractivity contribution in [2.24, 2.45) is 0 Å². The van der Waals surface area contributed by atoms with E-state index in [0.717, 1.165) is 97.8 Å². The van der Waals surface area contributed by atoms with Gasteiger partial charge in [0.15, 0.2) is 5.58 Å². The number of hydrogen-bond donors (Lipinski definition) is 1. The molecule has 0 radical (unpaired) electrons. The Morgan fingerprint density at radius 1 is 0.947 bits per heavy atom. The third kappa shape index (κ3) is 5.04. The molecular weight excluding hydrogens is 476 g/mol. The number of fused-ring (bicyclic) bond motifs is 1. The predicted octanol–water partition coefficient (Wildman–Crippen LogP) is 5.92. The maximum atomic E-state index is 12.8. The Bertz CT molecular complexity index is 1470. The summed E-state index contributed by atoms with van der Waals surface area (Å²) in [5, 5.41) is 3.30. The summed E-state index contributed by atoms with van der Waals surface area (Å²) < 4.78 is 11.7. The highest BCUT2D eigenvalue weighted by Crippen LogP contribution is 2.33. The quantitative estimate of drug-likeness (QED) is 0.347. The molecule has 2 aliphatic heterocycles. The maximum Gasteiger partial charge on any atom is 0.300 e. The Labute approximate surface area is 223 Å². The van der Waals surface area contributed by atoms with Crippen LogP contribution in [0.3, 0.4) is 0 Å². The summed E-state index contributed by atoms with van der Waals surface area (Å²) in [6, 6.07) is 18.9. The van der Waals surface area contributed by atoms with Gasteiger partial charge in [-0.2, -0.15) is 4.98 Å². The Morgan fingerprint density at radius 3 is 2.53 bits per heavy atom. The first-order valence-corrected chi connectivity index (χ1v) is 13.5. The van der Waals surface area contributed by atoms with Crippen LogP contribution in [0.25, 0.3) is 22.2 Å². The summed E-state index contributed by atoms with van der Waals surface area (Å²) in [6.45, 7) is 10.4. The molecule has 3 heterocycles. The van der Waals surface area contributed by atoms with Crippen molar-refractivity contribution < 1.29 is 13.9 Å². The Morgan fingerprint density at radius 2 is 1.76 bits per heavy atom. The van der Waals surface area contributed by atoms with Crippen molar-refractivity contribution in [3.05, 3.63) is 76.9 Å². The number of benzene rings is 3. The number of aromatic nitrogens is 1. The van der Waals surface area contributed by atoms with E-state index in [1.54, 1.807) is 0 Å². The van der Waals surface area contributed by atoms with E-state index in [1.807, 2.05) is 42.2 Å². The third-order valence-corrected chi connectivity index (χ3v) is 7.67. The molecule has 3 aromatic carbocycles. The molecule has 2 aliphatic rings. The van der Waals surface area contributed by atoms with Crippen molar-refractivity contribution >= 4 is 28.7 Å². The van der Waals surface area contributed by atoms with Crippen molar-refractivity contribution in [3.8, 4) is 11.1 Å². The van der Waals surface area contributed by atoms with Gasteiger partial charge in [-0.15, -0.1) is 0 Å². The molecule has 4 aromatic rings. The van der Waals surface area contributed by atoms with Crippen molar-refractivity contribution in [1.29, 1.82) is 0 Å². The number of carbonyl (C=O) groups is 1. The van der Waals surface area contributed by atoms with Crippen LogP contribution in [0, 0.1) is 13.8 Å². The second-order valence-corrected chi connectivity index (χ2v) is 10.4. The van der Waals surface area contributed by atoms with Gasteiger partial charge in [-0.05, 0) is 73.2 Å². The van der Waals surface area contributed by atoms with Gasteiger partial charge in [0.2, 0.25) is 0 Å². The first kappa shape index (κ1) is 24.6. The Hall–Kier alpha value is -3.68. The van der Waals surface area contributed by atoms with Crippen LogP contribution < -0.4 is 5.32 Å². The summed E-state index contributed by atoms with van der Waals surface area (Å²) in [4.78, 5) is 21.9. The largest absolute Gasteiger partial charge is 0.423 e. The zero-order valence-corrected chi connectivity index (χ0v) is 22.1. The zero-order chi connectivity index (χ0) is 26.1. The molecule has 0 spiro atoms. The third-order valence-electron chi connectivity index (χ3n) is 7.67. The van der Waals surface area contributed by atoms with Crippen LogP contribution in [-0.4, -0.2) is 60.1 Å². The van der Waals surface area contributed by atoms with E-state index in [1.165, 1.54) is 11.1 Å². The van der Waals surface area contributed by atoms with Gasteiger partial charge < -0.3 is 19.4 Å². The van der Waals surface area contributed by atoms with Crippen LogP contribution in [0.2, 0.25) is 0 Å². The van der Waals surface area contributed by atoms with E-state index in [4.69, 9.17) is 14.1 Å². The fourth-order valence-electron chi connectivity index (χ4n) is 5.47. The lowest BCUT2D eigenvalue weighted by molar-refractivity contribution is 0.0341. The van der Waals surface area contributed by atoms with Crippen molar-refractivity contribution in [1.82, 2.24) is 14.8 Å². The number of oxazole rings is 1. The summed E-state index contributed by atoms with van der Waals surface area (Å²) in [7, 11) is 0. The van der Waals surface area contributed by atoms with E-state index in [-0.39, 0.29) is 5.91 Å². The summed E-state index contributed by atoms with van der Waals surface area (Å²) in [5.74, 6) is 0.115. The van der Waals surface area contributed by atoms with E-state index in [2.05, 4.69) is 41.4 Å². The molecule has 1 amide bonds. The molecule has 2 fully saturated rings. The van der Waals surface area contributed by atoms with Gasteiger partial charge in [0.25, 0.3) is 11.9 Å². The van der Waals surface area contributed by atoms with Gasteiger partial charge in [0.05, 0.1) is 13.2 Å². The number of anilines is 2. The molecule has 196 valence electrons. The zero-order valence-electron chi connectivity index (χ0n) is 22.1.